The highest BCUT2D eigenvalue weighted by atomic mass is 32.2. The van der Waals surface area contributed by atoms with Gasteiger partial charge < -0.3 is 4.74 Å². The molecule has 8 heteroatoms. The Morgan fingerprint density at radius 2 is 1.76 bits per heavy atom. The van der Waals surface area contributed by atoms with Gasteiger partial charge in [-0.3, -0.25) is 14.2 Å². The summed E-state index contributed by atoms with van der Waals surface area (Å²) in [6, 6.07) is 12.6. The average Bonchev–Trinajstić information content (AvgIpc) is 2.97. The maximum Gasteiger partial charge on any atom is 0.296 e. The normalized spacial score (nSPS) is 11.7. The summed E-state index contributed by atoms with van der Waals surface area (Å²) in [5.74, 6) is 0.437. The van der Waals surface area contributed by atoms with Gasteiger partial charge in [0.25, 0.3) is 15.6 Å². The lowest BCUT2D eigenvalue weighted by molar-refractivity contribution is 0.301. The summed E-state index contributed by atoms with van der Waals surface area (Å²) in [5.41, 5.74) is 2.64. The zero-order valence-electron chi connectivity index (χ0n) is 20.2. The molecule has 178 valence electrons. The lowest BCUT2D eigenvalue weighted by atomic mass is 9.98. The number of hydrogen-bond donors (Lipinski definition) is 1. The summed E-state index contributed by atoms with van der Waals surface area (Å²) < 4.78 is 38.6. The number of aromatic nitrogens is 2. The standard InChI is InChI=1S/C25H33N3O4S/c1-7-8-14-32-22-15-18(4)21(17(2)3)16-23(22)33(30,31)26-24-19(5)27(6)28(25(24)29)20-12-10-9-11-13-20/h9-13,15-17,26H,7-8,14H2,1-6H3. The average molecular weight is 472 g/mol. The molecule has 0 aliphatic rings. The van der Waals surface area contributed by atoms with Gasteiger partial charge in [-0.25, -0.2) is 13.1 Å². The second-order valence-electron chi connectivity index (χ2n) is 8.55. The van der Waals surface area contributed by atoms with Crippen LogP contribution in [0.4, 0.5) is 5.69 Å². The van der Waals surface area contributed by atoms with Crippen molar-refractivity contribution in [3.05, 3.63) is 69.6 Å². The zero-order valence-corrected chi connectivity index (χ0v) is 21.0. The van der Waals surface area contributed by atoms with Gasteiger partial charge in [-0.05, 0) is 61.6 Å². The van der Waals surface area contributed by atoms with E-state index in [4.69, 9.17) is 4.74 Å². The van der Waals surface area contributed by atoms with E-state index < -0.39 is 15.6 Å². The van der Waals surface area contributed by atoms with E-state index in [0.717, 1.165) is 24.0 Å². The van der Waals surface area contributed by atoms with Gasteiger partial charge in [0.05, 0.1) is 18.0 Å². The topological polar surface area (TPSA) is 82.3 Å². The highest BCUT2D eigenvalue weighted by Gasteiger charge is 2.26. The number of aryl methyl sites for hydroxylation is 1. The van der Waals surface area contributed by atoms with Crippen molar-refractivity contribution < 1.29 is 13.2 Å². The maximum atomic E-state index is 13.6. The van der Waals surface area contributed by atoms with Gasteiger partial charge in [0, 0.05) is 7.05 Å². The molecule has 0 saturated carbocycles. The predicted octanol–water partition coefficient (Wildman–Crippen LogP) is 4.90. The SMILES string of the molecule is CCCCOc1cc(C)c(C(C)C)cc1S(=O)(=O)Nc1c(C)n(C)n(-c2ccccc2)c1=O. The van der Waals surface area contributed by atoms with Crippen molar-refractivity contribution in [1.29, 1.82) is 0 Å². The fourth-order valence-corrected chi connectivity index (χ4v) is 5.10. The molecule has 0 aliphatic heterocycles. The van der Waals surface area contributed by atoms with E-state index in [1.165, 1.54) is 4.68 Å². The summed E-state index contributed by atoms with van der Waals surface area (Å²) in [6.07, 6.45) is 1.75. The summed E-state index contributed by atoms with van der Waals surface area (Å²) in [4.78, 5) is 13.3. The van der Waals surface area contributed by atoms with Gasteiger partial charge in [0.2, 0.25) is 0 Å². The Kier molecular flexibility index (Phi) is 7.37. The number of sulfonamides is 1. The van der Waals surface area contributed by atoms with Gasteiger partial charge >= 0.3 is 0 Å². The molecule has 0 saturated heterocycles. The number of para-hydroxylation sites is 1. The second-order valence-corrected chi connectivity index (χ2v) is 10.2. The smallest absolute Gasteiger partial charge is 0.296 e. The lowest BCUT2D eigenvalue weighted by Gasteiger charge is -2.18. The first-order chi connectivity index (χ1) is 15.6. The summed E-state index contributed by atoms with van der Waals surface area (Å²) in [5, 5.41) is 0. The summed E-state index contributed by atoms with van der Waals surface area (Å²) >= 11 is 0. The van der Waals surface area contributed by atoms with E-state index in [9.17, 15) is 13.2 Å². The molecule has 33 heavy (non-hydrogen) atoms. The Morgan fingerprint density at radius 1 is 1.09 bits per heavy atom. The van der Waals surface area contributed by atoms with Crippen LogP contribution >= 0.6 is 0 Å². The first kappa shape index (κ1) is 24.6. The molecule has 0 bridgehead atoms. The molecule has 1 aromatic heterocycles. The molecular weight excluding hydrogens is 438 g/mol. The van der Waals surface area contributed by atoms with Crippen molar-refractivity contribution in [3.63, 3.8) is 0 Å². The Balaban J connectivity index is 2.10. The molecule has 0 radical (unpaired) electrons. The van der Waals surface area contributed by atoms with Gasteiger partial charge in [0.15, 0.2) is 0 Å². The molecule has 0 unspecified atom stereocenters. The third-order valence-electron chi connectivity index (χ3n) is 5.79. The van der Waals surface area contributed by atoms with Gasteiger partial charge in [-0.2, -0.15) is 0 Å². The fourth-order valence-electron chi connectivity index (χ4n) is 3.82. The zero-order chi connectivity index (χ0) is 24.3. The molecule has 2 aromatic carbocycles. The molecule has 0 spiro atoms. The number of ether oxygens (including phenoxy) is 1. The quantitative estimate of drug-likeness (QED) is 0.450. The van der Waals surface area contributed by atoms with Gasteiger partial charge in [-0.15, -0.1) is 0 Å². The van der Waals surface area contributed by atoms with Crippen molar-refractivity contribution in [1.82, 2.24) is 9.36 Å². The van der Waals surface area contributed by atoms with Crippen LogP contribution in [0, 0.1) is 13.8 Å². The monoisotopic (exact) mass is 471 g/mol. The van der Waals surface area contributed by atoms with Crippen molar-refractivity contribution in [2.45, 2.75) is 58.3 Å². The van der Waals surface area contributed by atoms with E-state index in [1.54, 1.807) is 42.9 Å². The number of nitrogens with one attached hydrogen (secondary N) is 1. The van der Waals surface area contributed by atoms with Crippen LogP contribution in [0.3, 0.4) is 0 Å². The van der Waals surface area contributed by atoms with E-state index in [-0.39, 0.29) is 16.5 Å². The number of rotatable bonds is 9. The third kappa shape index (κ3) is 5.00. The fraction of sp³-hybridized carbons (Fsp3) is 0.400. The van der Waals surface area contributed by atoms with Crippen LogP contribution in [0.2, 0.25) is 0 Å². The van der Waals surface area contributed by atoms with Gasteiger partial charge in [0.1, 0.15) is 16.3 Å². The summed E-state index contributed by atoms with van der Waals surface area (Å²) in [7, 11) is -2.36. The summed E-state index contributed by atoms with van der Waals surface area (Å²) in [6.45, 7) is 10.2. The molecule has 0 amide bonds. The lowest BCUT2D eigenvalue weighted by Crippen LogP contribution is -2.23. The van der Waals surface area contributed by atoms with Crippen molar-refractivity contribution >= 4 is 15.7 Å². The second kappa shape index (κ2) is 9.87. The number of anilines is 1. The van der Waals surface area contributed by atoms with E-state index in [2.05, 4.69) is 4.72 Å². The van der Waals surface area contributed by atoms with Crippen molar-refractivity contribution in [3.8, 4) is 11.4 Å². The van der Waals surface area contributed by atoms with E-state index in [1.807, 2.05) is 45.9 Å². The third-order valence-corrected chi connectivity index (χ3v) is 7.16. The Bertz CT molecular complexity index is 1290. The first-order valence-electron chi connectivity index (χ1n) is 11.2. The first-order valence-corrected chi connectivity index (χ1v) is 12.7. The molecule has 3 rings (SSSR count). The minimum absolute atomic E-state index is 0.0209. The van der Waals surface area contributed by atoms with E-state index >= 15 is 0 Å². The van der Waals surface area contributed by atoms with Gasteiger partial charge in [-0.1, -0.05) is 45.4 Å². The molecule has 1 N–H and O–H groups in total. The number of hydrogen-bond acceptors (Lipinski definition) is 4. The Hall–Kier alpha value is -3.00. The number of unbranched alkanes of at least 4 members (excludes halogenated alkanes) is 1. The molecular formula is C25H33N3O4S. The maximum absolute atomic E-state index is 13.6. The molecule has 1 heterocycles. The van der Waals surface area contributed by atoms with Crippen LogP contribution in [0.1, 0.15) is 56.4 Å². The van der Waals surface area contributed by atoms with Crippen LogP contribution in [0.25, 0.3) is 5.69 Å². The largest absolute Gasteiger partial charge is 0.492 e. The predicted molar refractivity (Wildman–Crippen MR) is 132 cm³/mol. The number of benzene rings is 2. The van der Waals surface area contributed by atoms with Crippen LogP contribution in [0.15, 0.2) is 52.2 Å². The van der Waals surface area contributed by atoms with Crippen molar-refractivity contribution in [2.75, 3.05) is 11.3 Å². The van der Waals surface area contributed by atoms with Crippen LogP contribution < -0.4 is 15.0 Å². The van der Waals surface area contributed by atoms with Crippen LogP contribution in [0.5, 0.6) is 5.75 Å². The van der Waals surface area contributed by atoms with Crippen LogP contribution in [-0.4, -0.2) is 24.4 Å². The number of nitrogens with zero attached hydrogens (tertiary/aromatic N) is 2. The minimum atomic E-state index is -4.09. The highest BCUT2D eigenvalue weighted by Crippen LogP contribution is 2.33. The Morgan fingerprint density at radius 3 is 2.36 bits per heavy atom. The molecule has 0 atom stereocenters. The molecule has 0 fully saturated rings. The highest BCUT2D eigenvalue weighted by molar-refractivity contribution is 7.92. The minimum Gasteiger partial charge on any atom is -0.492 e. The van der Waals surface area contributed by atoms with E-state index in [0.29, 0.717) is 23.7 Å². The molecule has 3 aromatic rings. The molecule has 0 aliphatic carbocycles. The Labute approximate surface area is 196 Å². The molecule has 7 nitrogen and oxygen atoms in total. The van der Waals surface area contributed by atoms with Crippen molar-refractivity contribution in [2.24, 2.45) is 7.05 Å². The van der Waals surface area contributed by atoms with Crippen LogP contribution in [-0.2, 0) is 17.1 Å².